The summed E-state index contributed by atoms with van der Waals surface area (Å²) in [6.07, 6.45) is 0. The second-order valence-electron chi connectivity index (χ2n) is 6.41. The number of amides is 2. The molecular weight excluding hydrogens is 418 g/mol. The summed E-state index contributed by atoms with van der Waals surface area (Å²) >= 11 is 0. The molecule has 1 atom stereocenters. The summed E-state index contributed by atoms with van der Waals surface area (Å²) < 4.78 is 57.1. The van der Waals surface area contributed by atoms with Crippen LogP contribution >= 0.6 is 0 Å². The first kappa shape index (κ1) is 21.4. The maximum Gasteiger partial charge on any atom is 0.338 e. The lowest BCUT2D eigenvalue weighted by atomic mass is 9.95. The van der Waals surface area contributed by atoms with Crippen molar-refractivity contribution in [3.63, 3.8) is 0 Å². The Hall–Kier alpha value is -3.27. The number of hydrogen-bond donors (Lipinski definition) is 2. The van der Waals surface area contributed by atoms with Crippen LogP contribution in [0.4, 0.5) is 13.6 Å². The Morgan fingerprint density at radius 2 is 1.60 bits per heavy atom. The number of urea groups is 1. The SMILES string of the molecule is CCOC(=O)C1=C(CS(=O)(=O)c2ccc(F)cc2)NC(=O)N[C@H]1c1ccc(F)cc1. The molecule has 0 saturated heterocycles. The molecule has 1 heterocycles. The molecule has 2 N–H and O–H groups in total. The highest BCUT2D eigenvalue weighted by Gasteiger charge is 2.35. The van der Waals surface area contributed by atoms with Gasteiger partial charge in [-0.2, -0.15) is 0 Å². The van der Waals surface area contributed by atoms with Crippen molar-refractivity contribution < 1.29 is 31.5 Å². The molecule has 2 aromatic rings. The lowest BCUT2D eigenvalue weighted by Gasteiger charge is -2.29. The number of ether oxygens (including phenoxy) is 1. The molecule has 158 valence electrons. The second kappa shape index (κ2) is 8.62. The van der Waals surface area contributed by atoms with Gasteiger partial charge in [0.2, 0.25) is 0 Å². The maximum atomic E-state index is 13.3. The van der Waals surface area contributed by atoms with Crippen molar-refractivity contribution in [2.45, 2.75) is 17.9 Å². The van der Waals surface area contributed by atoms with Gasteiger partial charge in [-0.1, -0.05) is 12.1 Å². The minimum absolute atomic E-state index is 0.0183. The van der Waals surface area contributed by atoms with Gasteiger partial charge in [-0.05, 0) is 48.9 Å². The predicted octanol–water partition coefficient (Wildman–Crippen LogP) is 2.61. The van der Waals surface area contributed by atoms with E-state index in [1.807, 2.05) is 0 Å². The Balaban J connectivity index is 2.08. The number of benzene rings is 2. The van der Waals surface area contributed by atoms with Gasteiger partial charge in [0, 0.05) is 5.70 Å². The van der Waals surface area contributed by atoms with Crippen LogP contribution in [0.3, 0.4) is 0 Å². The zero-order chi connectivity index (χ0) is 21.9. The van der Waals surface area contributed by atoms with E-state index in [1.54, 1.807) is 6.92 Å². The monoisotopic (exact) mass is 436 g/mol. The number of carbonyl (C=O) groups is 2. The van der Waals surface area contributed by atoms with Crippen LogP contribution in [-0.4, -0.2) is 32.8 Å². The Morgan fingerprint density at radius 1 is 1.03 bits per heavy atom. The van der Waals surface area contributed by atoms with E-state index in [-0.39, 0.29) is 22.8 Å². The molecule has 0 bridgehead atoms. The van der Waals surface area contributed by atoms with Gasteiger partial charge < -0.3 is 15.4 Å². The first-order valence-electron chi connectivity index (χ1n) is 8.92. The summed E-state index contributed by atoms with van der Waals surface area (Å²) in [5, 5.41) is 4.88. The van der Waals surface area contributed by atoms with E-state index in [4.69, 9.17) is 4.74 Å². The first-order chi connectivity index (χ1) is 14.2. The third-order valence-corrected chi connectivity index (χ3v) is 6.02. The van der Waals surface area contributed by atoms with Crippen LogP contribution in [0.1, 0.15) is 18.5 Å². The third-order valence-electron chi connectivity index (χ3n) is 4.36. The number of halogens is 2. The summed E-state index contributed by atoms with van der Waals surface area (Å²) in [4.78, 5) is 24.7. The Kier molecular flexibility index (Phi) is 6.16. The van der Waals surface area contributed by atoms with Crippen molar-refractivity contribution in [2.75, 3.05) is 12.4 Å². The van der Waals surface area contributed by atoms with Crippen LogP contribution in [-0.2, 0) is 19.4 Å². The molecule has 3 rings (SSSR count). The van der Waals surface area contributed by atoms with E-state index >= 15 is 0 Å². The standard InChI is InChI=1S/C20H18F2N2O5S/c1-2-29-19(25)17-16(11-30(27,28)15-9-7-14(22)8-10-15)23-20(26)24-18(17)12-3-5-13(21)6-4-12/h3-10,18H,2,11H2,1H3,(H2,23,24,26)/t18-/m0/s1. The Labute approximate surface area is 171 Å². The van der Waals surface area contributed by atoms with Gasteiger partial charge in [-0.15, -0.1) is 0 Å². The zero-order valence-corrected chi connectivity index (χ0v) is 16.6. The molecule has 0 unspecified atom stereocenters. The lowest BCUT2D eigenvalue weighted by molar-refractivity contribution is -0.139. The number of nitrogens with one attached hydrogen (secondary N) is 2. The minimum atomic E-state index is -4.03. The van der Waals surface area contributed by atoms with Crippen LogP contribution < -0.4 is 10.6 Å². The van der Waals surface area contributed by atoms with Gasteiger partial charge in [-0.3, -0.25) is 0 Å². The number of esters is 1. The molecule has 0 radical (unpaired) electrons. The first-order valence-corrected chi connectivity index (χ1v) is 10.6. The van der Waals surface area contributed by atoms with E-state index in [0.29, 0.717) is 5.56 Å². The molecule has 2 aromatic carbocycles. The van der Waals surface area contributed by atoms with Crippen LogP contribution in [0.15, 0.2) is 64.7 Å². The number of rotatable bonds is 6. The zero-order valence-electron chi connectivity index (χ0n) is 15.8. The van der Waals surface area contributed by atoms with Crippen molar-refractivity contribution in [3.05, 3.63) is 77.0 Å². The lowest BCUT2D eigenvalue weighted by Crippen LogP contribution is -2.47. The smallest absolute Gasteiger partial charge is 0.338 e. The molecule has 10 heteroatoms. The Morgan fingerprint density at radius 3 is 2.17 bits per heavy atom. The summed E-state index contributed by atoms with van der Waals surface area (Å²) in [6, 6.07) is 7.45. The fraction of sp³-hybridized carbons (Fsp3) is 0.200. The van der Waals surface area contributed by atoms with Crippen molar-refractivity contribution in [1.29, 1.82) is 0 Å². The molecule has 30 heavy (non-hydrogen) atoms. The minimum Gasteiger partial charge on any atom is -0.463 e. The van der Waals surface area contributed by atoms with E-state index in [1.165, 1.54) is 12.1 Å². The fourth-order valence-electron chi connectivity index (χ4n) is 3.00. The van der Waals surface area contributed by atoms with Gasteiger partial charge >= 0.3 is 12.0 Å². The highest BCUT2D eigenvalue weighted by Crippen LogP contribution is 2.29. The fourth-order valence-corrected chi connectivity index (χ4v) is 4.33. The molecule has 0 aromatic heterocycles. The van der Waals surface area contributed by atoms with E-state index in [9.17, 15) is 26.8 Å². The highest BCUT2D eigenvalue weighted by molar-refractivity contribution is 7.91. The van der Waals surface area contributed by atoms with E-state index in [0.717, 1.165) is 36.4 Å². The molecule has 2 amide bonds. The van der Waals surface area contributed by atoms with Gasteiger partial charge in [0.05, 0.1) is 28.9 Å². The normalized spacial score (nSPS) is 16.6. The highest BCUT2D eigenvalue weighted by atomic mass is 32.2. The predicted molar refractivity (Wildman–Crippen MR) is 103 cm³/mol. The molecule has 0 aliphatic carbocycles. The van der Waals surface area contributed by atoms with Crippen molar-refractivity contribution in [1.82, 2.24) is 10.6 Å². The molecule has 0 fully saturated rings. The van der Waals surface area contributed by atoms with Gasteiger partial charge in [0.1, 0.15) is 11.6 Å². The Bertz CT molecular complexity index is 1100. The van der Waals surface area contributed by atoms with Crippen LogP contribution in [0.5, 0.6) is 0 Å². The molecule has 1 aliphatic heterocycles. The summed E-state index contributed by atoms with van der Waals surface area (Å²) in [5.74, 6) is -2.67. The number of hydrogen-bond acceptors (Lipinski definition) is 5. The van der Waals surface area contributed by atoms with Crippen LogP contribution in [0, 0.1) is 11.6 Å². The summed E-state index contributed by atoms with van der Waals surface area (Å²) in [7, 11) is -4.03. The largest absolute Gasteiger partial charge is 0.463 e. The summed E-state index contributed by atoms with van der Waals surface area (Å²) in [5.41, 5.74) is 0.0792. The van der Waals surface area contributed by atoms with Gasteiger partial charge in [0.25, 0.3) is 0 Å². The number of sulfone groups is 1. The third kappa shape index (κ3) is 4.65. The van der Waals surface area contributed by atoms with Crippen LogP contribution in [0.25, 0.3) is 0 Å². The number of carbonyl (C=O) groups excluding carboxylic acids is 2. The van der Waals surface area contributed by atoms with E-state index < -0.39 is 45.3 Å². The van der Waals surface area contributed by atoms with E-state index in [2.05, 4.69) is 10.6 Å². The average Bonchev–Trinajstić information content (AvgIpc) is 2.68. The molecular formula is C20H18F2N2O5S. The molecule has 0 saturated carbocycles. The summed E-state index contributed by atoms with van der Waals surface area (Å²) in [6.45, 7) is 1.60. The quantitative estimate of drug-likeness (QED) is 0.536. The van der Waals surface area contributed by atoms with Gasteiger partial charge in [0.15, 0.2) is 9.84 Å². The van der Waals surface area contributed by atoms with Crippen LogP contribution in [0.2, 0.25) is 0 Å². The van der Waals surface area contributed by atoms with Crippen molar-refractivity contribution in [3.8, 4) is 0 Å². The van der Waals surface area contributed by atoms with Crippen molar-refractivity contribution >= 4 is 21.8 Å². The molecule has 1 aliphatic rings. The van der Waals surface area contributed by atoms with Crippen molar-refractivity contribution in [2.24, 2.45) is 0 Å². The topological polar surface area (TPSA) is 102 Å². The second-order valence-corrected chi connectivity index (χ2v) is 8.40. The molecule has 7 nitrogen and oxygen atoms in total. The average molecular weight is 436 g/mol. The maximum absolute atomic E-state index is 13.3. The molecule has 0 spiro atoms. The van der Waals surface area contributed by atoms with Gasteiger partial charge in [-0.25, -0.2) is 26.8 Å².